The van der Waals surface area contributed by atoms with Crippen molar-refractivity contribution in [2.45, 2.75) is 38.1 Å². The summed E-state index contributed by atoms with van der Waals surface area (Å²) in [6.07, 6.45) is -4.21. The Bertz CT molecular complexity index is 1320. The standard InChI is InChI=1S/C25H29F3N4O5S/c1-17-15-20(29-10-13-33)6-5-18(17)7-14-38(35,36)32-11-8-24(9-12-32)23(34)30-22(31-24)19-3-2-4-21(16-19)37-25(26,27)28/h2-6,15-16,29,33H,7-14H2,1H3,(H,30,31,34). The molecule has 0 radical (unpaired) electrons. The van der Waals surface area contributed by atoms with Gasteiger partial charge in [-0.2, -0.15) is 0 Å². The summed E-state index contributed by atoms with van der Waals surface area (Å²) in [5.41, 5.74) is 1.78. The first-order chi connectivity index (χ1) is 17.9. The van der Waals surface area contributed by atoms with Crippen molar-refractivity contribution < 1.29 is 36.2 Å². The number of sulfonamides is 1. The van der Waals surface area contributed by atoms with E-state index in [1.165, 1.54) is 16.4 Å². The van der Waals surface area contributed by atoms with Gasteiger partial charge >= 0.3 is 6.36 Å². The molecule has 9 nitrogen and oxygen atoms in total. The number of aliphatic hydroxyl groups excluding tert-OH is 1. The molecule has 206 valence electrons. The van der Waals surface area contributed by atoms with E-state index >= 15 is 0 Å². The normalized spacial score (nSPS) is 17.8. The van der Waals surface area contributed by atoms with Crippen LogP contribution in [-0.4, -0.2) is 73.5 Å². The van der Waals surface area contributed by atoms with E-state index in [2.05, 4.69) is 20.4 Å². The molecule has 0 saturated carbocycles. The summed E-state index contributed by atoms with van der Waals surface area (Å²) in [4.78, 5) is 17.3. The van der Waals surface area contributed by atoms with Gasteiger partial charge in [-0.15, -0.1) is 13.2 Å². The Morgan fingerprint density at radius 3 is 2.58 bits per heavy atom. The number of amides is 1. The molecule has 2 aliphatic heterocycles. The molecule has 0 aliphatic carbocycles. The number of ether oxygens (including phenoxy) is 1. The summed E-state index contributed by atoms with van der Waals surface area (Å²) in [6.45, 7) is 2.54. The van der Waals surface area contributed by atoms with Crippen molar-refractivity contribution in [2.75, 3.05) is 37.3 Å². The van der Waals surface area contributed by atoms with Crippen molar-refractivity contribution in [1.82, 2.24) is 9.62 Å². The van der Waals surface area contributed by atoms with Crippen LogP contribution in [0.2, 0.25) is 0 Å². The fourth-order valence-electron chi connectivity index (χ4n) is 4.62. The first-order valence-corrected chi connectivity index (χ1v) is 13.7. The SMILES string of the molecule is Cc1cc(NCCO)ccc1CCS(=O)(=O)N1CCC2(CC1)N=C(c1cccc(OC(F)(F)F)c1)NC2=O. The second-order valence-electron chi connectivity index (χ2n) is 9.28. The number of carbonyl (C=O) groups excluding carboxylic acids is 1. The number of carbonyl (C=O) groups is 1. The molecular formula is C25H29F3N4O5S. The summed E-state index contributed by atoms with van der Waals surface area (Å²) in [5.74, 6) is -0.791. The van der Waals surface area contributed by atoms with Gasteiger partial charge in [-0.25, -0.2) is 12.7 Å². The average Bonchev–Trinajstić information content (AvgIpc) is 3.17. The van der Waals surface area contributed by atoms with Crippen LogP contribution in [0.3, 0.4) is 0 Å². The number of halogens is 3. The van der Waals surface area contributed by atoms with Gasteiger partial charge in [0.1, 0.15) is 17.1 Å². The minimum absolute atomic E-state index is 0.00848. The maximum Gasteiger partial charge on any atom is 0.573 e. The van der Waals surface area contributed by atoms with Gasteiger partial charge in [0.15, 0.2) is 0 Å². The maximum atomic E-state index is 13.0. The van der Waals surface area contributed by atoms with Gasteiger partial charge in [0.2, 0.25) is 10.0 Å². The third kappa shape index (κ3) is 6.45. The number of benzene rings is 2. The van der Waals surface area contributed by atoms with Crippen LogP contribution in [0, 0.1) is 6.92 Å². The molecule has 2 heterocycles. The smallest absolute Gasteiger partial charge is 0.406 e. The van der Waals surface area contributed by atoms with Gasteiger partial charge in [0.25, 0.3) is 5.91 Å². The van der Waals surface area contributed by atoms with Crippen LogP contribution in [0.5, 0.6) is 5.75 Å². The number of hydrogen-bond donors (Lipinski definition) is 3. The average molecular weight is 555 g/mol. The maximum absolute atomic E-state index is 13.0. The topological polar surface area (TPSA) is 120 Å². The highest BCUT2D eigenvalue weighted by Crippen LogP contribution is 2.33. The Hall–Kier alpha value is -3.16. The molecule has 1 amide bonds. The first kappa shape index (κ1) is 27.9. The van der Waals surface area contributed by atoms with E-state index in [0.717, 1.165) is 28.9 Å². The molecule has 38 heavy (non-hydrogen) atoms. The van der Waals surface area contributed by atoms with Crippen molar-refractivity contribution in [1.29, 1.82) is 0 Å². The molecule has 1 fully saturated rings. The highest BCUT2D eigenvalue weighted by Gasteiger charge is 2.47. The predicted octanol–water partition coefficient (Wildman–Crippen LogP) is 2.58. The van der Waals surface area contributed by atoms with E-state index in [-0.39, 0.29) is 49.7 Å². The van der Waals surface area contributed by atoms with Crippen molar-refractivity contribution >= 4 is 27.5 Å². The quantitative estimate of drug-likeness (QED) is 0.438. The Morgan fingerprint density at radius 1 is 1.18 bits per heavy atom. The Balaban J connectivity index is 1.39. The van der Waals surface area contributed by atoms with E-state index in [9.17, 15) is 26.4 Å². The molecule has 0 unspecified atom stereocenters. The van der Waals surface area contributed by atoms with Crippen LogP contribution in [0.15, 0.2) is 47.5 Å². The molecule has 2 aromatic rings. The molecule has 4 rings (SSSR count). The number of nitrogens with zero attached hydrogens (tertiary/aromatic N) is 2. The van der Waals surface area contributed by atoms with E-state index in [4.69, 9.17) is 5.11 Å². The fraction of sp³-hybridized carbons (Fsp3) is 0.440. The number of hydrogen-bond acceptors (Lipinski definition) is 7. The second kappa shape index (κ2) is 10.9. The number of nitrogens with one attached hydrogen (secondary N) is 2. The molecule has 1 saturated heterocycles. The number of amidine groups is 1. The second-order valence-corrected chi connectivity index (χ2v) is 11.4. The zero-order valence-electron chi connectivity index (χ0n) is 20.7. The number of aliphatic hydroxyl groups is 1. The van der Waals surface area contributed by atoms with E-state index in [1.807, 2.05) is 25.1 Å². The number of anilines is 1. The third-order valence-corrected chi connectivity index (χ3v) is 8.55. The number of piperidine rings is 1. The Labute approximate surface area is 218 Å². The van der Waals surface area contributed by atoms with Crippen LogP contribution < -0.4 is 15.4 Å². The van der Waals surface area contributed by atoms with Crippen molar-refractivity contribution in [3.05, 3.63) is 59.2 Å². The van der Waals surface area contributed by atoms with Crippen LogP contribution in [0.4, 0.5) is 18.9 Å². The van der Waals surface area contributed by atoms with Crippen molar-refractivity contribution in [3.63, 3.8) is 0 Å². The monoisotopic (exact) mass is 554 g/mol. The summed E-state index contributed by atoms with van der Waals surface area (Å²) in [7, 11) is -3.59. The van der Waals surface area contributed by atoms with Gasteiger partial charge in [-0.05, 0) is 61.6 Å². The van der Waals surface area contributed by atoms with Crippen molar-refractivity contribution in [2.24, 2.45) is 4.99 Å². The van der Waals surface area contributed by atoms with E-state index < -0.39 is 33.6 Å². The fourth-order valence-corrected chi connectivity index (χ4v) is 6.10. The van der Waals surface area contributed by atoms with Gasteiger partial charge < -0.3 is 20.5 Å². The molecule has 0 atom stereocenters. The lowest BCUT2D eigenvalue weighted by Gasteiger charge is -2.34. The summed E-state index contributed by atoms with van der Waals surface area (Å²) >= 11 is 0. The zero-order chi connectivity index (χ0) is 27.6. The molecule has 0 aromatic heterocycles. The predicted molar refractivity (Wildman–Crippen MR) is 136 cm³/mol. The lowest BCUT2D eigenvalue weighted by atomic mass is 9.89. The summed E-state index contributed by atoms with van der Waals surface area (Å²) in [5, 5.41) is 14.6. The van der Waals surface area contributed by atoms with Gasteiger partial charge in [0.05, 0.1) is 12.4 Å². The highest BCUT2D eigenvalue weighted by molar-refractivity contribution is 7.89. The minimum Gasteiger partial charge on any atom is -0.406 e. The lowest BCUT2D eigenvalue weighted by Crippen LogP contribution is -2.50. The first-order valence-electron chi connectivity index (χ1n) is 12.1. The van der Waals surface area contributed by atoms with Crippen LogP contribution >= 0.6 is 0 Å². The van der Waals surface area contributed by atoms with Gasteiger partial charge in [0, 0.05) is 30.9 Å². The Morgan fingerprint density at radius 2 is 1.92 bits per heavy atom. The Kier molecular flexibility index (Phi) is 8.00. The van der Waals surface area contributed by atoms with Crippen LogP contribution in [-0.2, 0) is 21.2 Å². The molecule has 13 heteroatoms. The van der Waals surface area contributed by atoms with E-state index in [0.29, 0.717) is 13.0 Å². The summed E-state index contributed by atoms with van der Waals surface area (Å²) < 4.78 is 69.1. The summed E-state index contributed by atoms with van der Waals surface area (Å²) in [6, 6.07) is 10.8. The minimum atomic E-state index is -4.85. The molecule has 3 N–H and O–H groups in total. The van der Waals surface area contributed by atoms with Crippen LogP contribution in [0.25, 0.3) is 0 Å². The lowest BCUT2D eigenvalue weighted by molar-refractivity contribution is -0.274. The van der Waals surface area contributed by atoms with Crippen LogP contribution in [0.1, 0.15) is 29.5 Å². The van der Waals surface area contributed by atoms with Crippen molar-refractivity contribution in [3.8, 4) is 5.75 Å². The molecule has 2 aliphatic rings. The molecular weight excluding hydrogens is 525 g/mol. The van der Waals surface area contributed by atoms with Gasteiger partial charge in [-0.3, -0.25) is 9.79 Å². The molecule has 2 aromatic carbocycles. The number of aliphatic imine (C=N–C) groups is 1. The molecule has 0 bridgehead atoms. The largest absolute Gasteiger partial charge is 0.573 e. The zero-order valence-corrected chi connectivity index (χ0v) is 21.5. The van der Waals surface area contributed by atoms with Gasteiger partial charge in [-0.1, -0.05) is 18.2 Å². The highest BCUT2D eigenvalue weighted by atomic mass is 32.2. The van der Waals surface area contributed by atoms with E-state index in [1.54, 1.807) is 0 Å². The number of alkyl halides is 3. The third-order valence-electron chi connectivity index (χ3n) is 6.68. The molecule has 1 spiro atoms. The number of rotatable bonds is 9. The number of aryl methyl sites for hydroxylation is 2.